The summed E-state index contributed by atoms with van der Waals surface area (Å²) in [5.74, 6) is 2.07. The molecule has 168 valence electrons. The monoisotopic (exact) mass is 541 g/mol. The van der Waals surface area contributed by atoms with Gasteiger partial charge < -0.3 is 24.8 Å². The molecule has 0 saturated carbocycles. The summed E-state index contributed by atoms with van der Waals surface area (Å²) in [6.45, 7) is 5.70. The van der Waals surface area contributed by atoms with E-state index in [1.165, 1.54) is 12.1 Å². The zero-order valence-electron chi connectivity index (χ0n) is 17.7. The number of benzene rings is 2. The molecule has 1 fully saturated rings. The van der Waals surface area contributed by atoms with Crippen LogP contribution in [0.2, 0.25) is 0 Å². The SMILES string of the molecule is CCNC(=NCc1ccc2c(c1)OCO2)NCC1(c2ccc(F)cc2)CCOCC1.I. The van der Waals surface area contributed by atoms with Crippen LogP contribution in [0.5, 0.6) is 11.5 Å². The van der Waals surface area contributed by atoms with Crippen LogP contribution in [0.25, 0.3) is 0 Å². The molecule has 0 amide bonds. The van der Waals surface area contributed by atoms with Gasteiger partial charge in [0, 0.05) is 31.7 Å². The van der Waals surface area contributed by atoms with Gasteiger partial charge in [0.15, 0.2) is 17.5 Å². The lowest BCUT2D eigenvalue weighted by Gasteiger charge is -2.38. The first-order valence-corrected chi connectivity index (χ1v) is 10.4. The molecule has 2 N–H and O–H groups in total. The first-order chi connectivity index (χ1) is 14.7. The fourth-order valence-electron chi connectivity index (χ4n) is 3.94. The van der Waals surface area contributed by atoms with Crippen LogP contribution in [-0.4, -0.2) is 39.1 Å². The number of hydrogen-bond donors (Lipinski definition) is 2. The topological polar surface area (TPSA) is 64.1 Å². The van der Waals surface area contributed by atoms with Crippen LogP contribution in [0.15, 0.2) is 47.5 Å². The molecule has 2 aromatic carbocycles. The molecule has 31 heavy (non-hydrogen) atoms. The number of hydrogen-bond acceptors (Lipinski definition) is 4. The molecule has 2 aliphatic heterocycles. The number of nitrogens with zero attached hydrogens (tertiary/aromatic N) is 1. The number of fused-ring (bicyclic) bond motifs is 1. The maximum Gasteiger partial charge on any atom is 0.231 e. The Hall–Kier alpha value is -2.07. The van der Waals surface area contributed by atoms with Gasteiger partial charge in [-0.2, -0.15) is 0 Å². The van der Waals surface area contributed by atoms with Crippen molar-refractivity contribution in [1.82, 2.24) is 10.6 Å². The van der Waals surface area contributed by atoms with Crippen LogP contribution in [0.3, 0.4) is 0 Å². The maximum atomic E-state index is 13.5. The van der Waals surface area contributed by atoms with Crippen molar-refractivity contribution in [3.8, 4) is 11.5 Å². The highest BCUT2D eigenvalue weighted by atomic mass is 127. The molecule has 0 spiro atoms. The third-order valence-electron chi connectivity index (χ3n) is 5.70. The number of rotatable bonds is 6. The largest absolute Gasteiger partial charge is 0.454 e. The fraction of sp³-hybridized carbons (Fsp3) is 0.435. The Morgan fingerprint density at radius 2 is 1.77 bits per heavy atom. The van der Waals surface area contributed by atoms with Gasteiger partial charge in [-0.15, -0.1) is 24.0 Å². The van der Waals surface area contributed by atoms with E-state index in [0.29, 0.717) is 26.3 Å². The Balaban J connectivity index is 0.00000272. The second kappa shape index (κ2) is 11.0. The normalized spacial score (nSPS) is 17.0. The minimum atomic E-state index is -0.215. The van der Waals surface area contributed by atoms with Crippen molar-refractivity contribution in [2.75, 3.05) is 33.1 Å². The summed E-state index contributed by atoms with van der Waals surface area (Å²) in [6, 6.07) is 12.7. The van der Waals surface area contributed by atoms with Gasteiger partial charge in [-0.25, -0.2) is 9.38 Å². The van der Waals surface area contributed by atoms with Crippen LogP contribution >= 0.6 is 24.0 Å². The summed E-state index contributed by atoms with van der Waals surface area (Å²) >= 11 is 0. The van der Waals surface area contributed by atoms with Crippen molar-refractivity contribution >= 4 is 29.9 Å². The average molecular weight is 541 g/mol. The second-order valence-corrected chi connectivity index (χ2v) is 7.64. The van der Waals surface area contributed by atoms with E-state index >= 15 is 0 Å². The molecule has 6 nitrogen and oxygen atoms in total. The Morgan fingerprint density at radius 1 is 1.03 bits per heavy atom. The second-order valence-electron chi connectivity index (χ2n) is 7.64. The summed E-state index contributed by atoms with van der Waals surface area (Å²) in [6.07, 6.45) is 1.76. The Kier molecular flexibility index (Phi) is 8.36. The van der Waals surface area contributed by atoms with Gasteiger partial charge in [-0.05, 0) is 55.2 Å². The van der Waals surface area contributed by atoms with E-state index in [0.717, 1.165) is 48.0 Å². The van der Waals surface area contributed by atoms with Crippen molar-refractivity contribution in [2.45, 2.75) is 31.7 Å². The minimum absolute atomic E-state index is 0. The highest BCUT2D eigenvalue weighted by Gasteiger charge is 2.34. The van der Waals surface area contributed by atoms with E-state index in [-0.39, 0.29) is 42.0 Å². The number of halogens is 2. The predicted octanol–water partition coefficient (Wildman–Crippen LogP) is 3.98. The molecular formula is C23H29FIN3O3. The molecule has 8 heteroatoms. The number of aliphatic imine (C=N–C) groups is 1. The lowest BCUT2D eigenvalue weighted by molar-refractivity contribution is 0.0513. The van der Waals surface area contributed by atoms with Gasteiger partial charge >= 0.3 is 0 Å². The van der Waals surface area contributed by atoms with Crippen LogP contribution < -0.4 is 20.1 Å². The molecule has 0 unspecified atom stereocenters. The fourth-order valence-corrected chi connectivity index (χ4v) is 3.94. The third-order valence-corrected chi connectivity index (χ3v) is 5.70. The standard InChI is InChI=1S/C23H28FN3O3.HI/c1-2-25-22(26-14-17-3-8-20-21(13-17)30-16-29-20)27-15-23(9-11-28-12-10-23)18-4-6-19(24)7-5-18;/h3-8,13H,2,9-12,14-16H2,1H3,(H2,25,26,27);1H. The van der Waals surface area contributed by atoms with Gasteiger partial charge in [0.2, 0.25) is 6.79 Å². The van der Waals surface area contributed by atoms with Crippen LogP contribution in [0.1, 0.15) is 30.9 Å². The number of nitrogens with one attached hydrogen (secondary N) is 2. The molecule has 1 saturated heterocycles. The van der Waals surface area contributed by atoms with Crippen molar-refractivity contribution in [1.29, 1.82) is 0 Å². The third kappa shape index (κ3) is 5.79. The van der Waals surface area contributed by atoms with Crippen molar-refractivity contribution in [3.63, 3.8) is 0 Å². The molecule has 4 rings (SSSR count). The summed E-state index contributed by atoms with van der Waals surface area (Å²) < 4.78 is 29.9. The lowest BCUT2D eigenvalue weighted by atomic mass is 9.74. The maximum absolute atomic E-state index is 13.5. The van der Waals surface area contributed by atoms with Gasteiger partial charge in [0.25, 0.3) is 0 Å². The van der Waals surface area contributed by atoms with Crippen LogP contribution in [0, 0.1) is 5.82 Å². The van der Waals surface area contributed by atoms with Crippen LogP contribution in [-0.2, 0) is 16.7 Å². The Bertz CT molecular complexity index is 886. The smallest absolute Gasteiger partial charge is 0.231 e. The van der Waals surface area contributed by atoms with E-state index < -0.39 is 0 Å². The highest BCUT2D eigenvalue weighted by Crippen LogP contribution is 2.35. The number of guanidine groups is 1. The summed E-state index contributed by atoms with van der Waals surface area (Å²) in [5, 5.41) is 6.81. The number of ether oxygens (including phenoxy) is 3. The van der Waals surface area contributed by atoms with E-state index in [1.54, 1.807) is 0 Å². The van der Waals surface area contributed by atoms with E-state index in [9.17, 15) is 4.39 Å². The first kappa shape index (κ1) is 23.6. The lowest BCUT2D eigenvalue weighted by Crippen LogP contribution is -2.48. The molecule has 0 bridgehead atoms. The molecule has 2 aromatic rings. The molecule has 2 heterocycles. The van der Waals surface area contributed by atoms with Gasteiger partial charge in [0.1, 0.15) is 5.82 Å². The average Bonchev–Trinajstić information content (AvgIpc) is 3.25. The van der Waals surface area contributed by atoms with E-state index in [2.05, 4.69) is 10.6 Å². The van der Waals surface area contributed by atoms with Crippen molar-refractivity contribution in [3.05, 3.63) is 59.4 Å². The van der Waals surface area contributed by atoms with E-state index in [4.69, 9.17) is 19.2 Å². The van der Waals surface area contributed by atoms with Gasteiger partial charge in [0.05, 0.1) is 6.54 Å². The van der Waals surface area contributed by atoms with Gasteiger partial charge in [-0.3, -0.25) is 0 Å². The Labute approximate surface area is 199 Å². The van der Waals surface area contributed by atoms with Crippen molar-refractivity contribution < 1.29 is 18.6 Å². The predicted molar refractivity (Wildman–Crippen MR) is 129 cm³/mol. The summed E-state index contributed by atoms with van der Waals surface area (Å²) in [7, 11) is 0. The molecule has 0 aromatic heterocycles. The summed E-state index contributed by atoms with van der Waals surface area (Å²) in [5.41, 5.74) is 2.07. The zero-order valence-corrected chi connectivity index (χ0v) is 20.0. The molecule has 2 aliphatic rings. The highest BCUT2D eigenvalue weighted by molar-refractivity contribution is 14.0. The minimum Gasteiger partial charge on any atom is -0.454 e. The quantitative estimate of drug-likeness (QED) is 0.329. The molecule has 0 atom stereocenters. The summed E-state index contributed by atoms with van der Waals surface area (Å²) in [4.78, 5) is 4.74. The van der Waals surface area contributed by atoms with E-state index in [1.807, 2.05) is 37.3 Å². The molecule has 0 radical (unpaired) electrons. The van der Waals surface area contributed by atoms with Gasteiger partial charge in [-0.1, -0.05) is 18.2 Å². The Morgan fingerprint density at radius 3 is 2.52 bits per heavy atom. The molecule has 0 aliphatic carbocycles. The zero-order chi connectivity index (χ0) is 20.8. The van der Waals surface area contributed by atoms with Crippen molar-refractivity contribution in [2.24, 2.45) is 4.99 Å². The molecular weight excluding hydrogens is 512 g/mol. The van der Waals surface area contributed by atoms with Crippen LogP contribution in [0.4, 0.5) is 4.39 Å². The first-order valence-electron chi connectivity index (χ1n) is 10.4.